The SMILES string of the molecule is C[C@@H]1CN(c2ccc3c(c2)Cn2cc(-c4ccc(C#N)cc4)cc2-c2nccn2-3)C[C@@H]1CN(C)C. The number of aromatic nitrogens is 3. The minimum Gasteiger partial charge on any atom is -0.371 e. The highest BCUT2D eigenvalue weighted by molar-refractivity contribution is 5.72. The molecule has 35 heavy (non-hydrogen) atoms. The Morgan fingerprint density at radius 3 is 2.66 bits per heavy atom. The predicted octanol–water partition coefficient (Wildman–Crippen LogP) is 4.88. The van der Waals surface area contributed by atoms with Crippen LogP contribution in [0, 0.1) is 23.2 Å². The van der Waals surface area contributed by atoms with Gasteiger partial charge in [0.25, 0.3) is 0 Å². The van der Waals surface area contributed by atoms with Gasteiger partial charge in [0.1, 0.15) is 0 Å². The van der Waals surface area contributed by atoms with E-state index in [0.29, 0.717) is 17.4 Å². The number of anilines is 1. The van der Waals surface area contributed by atoms with Crippen LogP contribution in [0.4, 0.5) is 5.69 Å². The number of nitriles is 1. The summed E-state index contributed by atoms with van der Waals surface area (Å²) in [6, 6.07) is 19.1. The van der Waals surface area contributed by atoms with Crippen LogP contribution in [0.5, 0.6) is 0 Å². The molecular formula is C29H30N6. The fraction of sp³-hybridized carbons (Fsp3) is 0.310. The molecular weight excluding hydrogens is 432 g/mol. The monoisotopic (exact) mass is 462 g/mol. The van der Waals surface area contributed by atoms with Crippen LogP contribution in [0.15, 0.2) is 67.1 Å². The zero-order chi connectivity index (χ0) is 24.1. The van der Waals surface area contributed by atoms with E-state index in [-0.39, 0.29) is 0 Å². The van der Waals surface area contributed by atoms with Crippen LogP contribution in [-0.4, -0.2) is 52.7 Å². The first-order valence-corrected chi connectivity index (χ1v) is 12.3. The molecule has 2 aromatic heterocycles. The van der Waals surface area contributed by atoms with Gasteiger partial charge >= 0.3 is 0 Å². The number of rotatable bonds is 4. The molecule has 6 rings (SSSR count). The van der Waals surface area contributed by atoms with Crippen molar-refractivity contribution >= 4 is 5.69 Å². The van der Waals surface area contributed by atoms with Crippen molar-refractivity contribution in [3.05, 3.63) is 78.2 Å². The Kier molecular flexibility index (Phi) is 5.23. The summed E-state index contributed by atoms with van der Waals surface area (Å²) in [5.41, 5.74) is 7.83. The lowest BCUT2D eigenvalue weighted by Gasteiger charge is -2.22. The highest BCUT2D eigenvalue weighted by atomic mass is 15.2. The lowest BCUT2D eigenvalue weighted by Crippen LogP contribution is -2.27. The van der Waals surface area contributed by atoms with E-state index in [1.165, 1.54) is 16.9 Å². The van der Waals surface area contributed by atoms with Crippen molar-refractivity contribution in [2.45, 2.75) is 13.5 Å². The van der Waals surface area contributed by atoms with Crippen LogP contribution >= 0.6 is 0 Å². The molecule has 0 bridgehead atoms. The van der Waals surface area contributed by atoms with Gasteiger partial charge in [-0.2, -0.15) is 5.26 Å². The molecule has 6 heteroatoms. The molecule has 1 saturated heterocycles. The molecule has 2 atom stereocenters. The standard InChI is InChI=1S/C29H30N6/c1-20-15-33(19-25(20)16-32(2)3)26-8-9-27-24(12-26)18-34-17-23(22-6-4-21(14-30)5-7-22)13-28(34)29-31-10-11-35(27)29/h4-13,17,20,25H,15-16,18-19H2,1-3H3/t20-,25+/m1/s1. The first-order valence-electron chi connectivity index (χ1n) is 12.3. The molecule has 0 saturated carbocycles. The van der Waals surface area contributed by atoms with Crippen LogP contribution in [0.2, 0.25) is 0 Å². The van der Waals surface area contributed by atoms with Gasteiger partial charge in [-0.15, -0.1) is 0 Å². The fourth-order valence-electron chi connectivity index (χ4n) is 5.68. The van der Waals surface area contributed by atoms with E-state index in [4.69, 9.17) is 10.2 Å². The lowest BCUT2D eigenvalue weighted by atomic mass is 9.98. The molecule has 0 radical (unpaired) electrons. The maximum Gasteiger partial charge on any atom is 0.161 e. The van der Waals surface area contributed by atoms with Gasteiger partial charge in [0.2, 0.25) is 0 Å². The molecule has 4 aromatic rings. The van der Waals surface area contributed by atoms with Gasteiger partial charge in [-0.1, -0.05) is 19.1 Å². The molecule has 2 aliphatic heterocycles. The third-order valence-corrected chi connectivity index (χ3v) is 7.51. The largest absolute Gasteiger partial charge is 0.371 e. The number of imidazole rings is 1. The van der Waals surface area contributed by atoms with Gasteiger partial charge in [-0.3, -0.25) is 4.57 Å². The zero-order valence-electron chi connectivity index (χ0n) is 20.5. The van der Waals surface area contributed by atoms with Crippen molar-refractivity contribution in [3.63, 3.8) is 0 Å². The van der Waals surface area contributed by atoms with Crippen LogP contribution in [0.3, 0.4) is 0 Å². The lowest BCUT2D eigenvalue weighted by molar-refractivity contribution is 0.301. The molecule has 0 amide bonds. The average Bonchev–Trinajstić information content (AvgIpc) is 3.56. The van der Waals surface area contributed by atoms with Gasteiger partial charge in [-0.25, -0.2) is 4.98 Å². The molecule has 176 valence electrons. The first-order chi connectivity index (χ1) is 17.0. The topological polar surface area (TPSA) is 53.0 Å². The summed E-state index contributed by atoms with van der Waals surface area (Å²) in [5.74, 6) is 2.33. The first kappa shape index (κ1) is 21.7. The normalized spacial score (nSPS) is 18.7. The van der Waals surface area contributed by atoms with E-state index in [1.54, 1.807) is 0 Å². The third kappa shape index (κ3) is 3.82. The Morgan fingerprint density at radius 2 is 1.89 bits per heavy atom. The van der Waals surface area contributed by atoms with E-state index < -0.39 is 0 Å². The molecule has 0 N–H and O–H groups in total. The Balaban J connectivity index is 1.36. The van der Waals surface area contributed by atoms with Crippen molar-refractivity contribution in [2.75, 3.05) is 38.6 Å². The fourth-order valence-corrected chi connectivity index (χ4v) is 5.68. The Bertz CT molecular complexity index is 1420. The highest BCUT2D eigenvalue weighted by Gasteiger charge is 2.30. The smallest absolute Gasteiger partial charge is 0.161 e. The number of hydrogen-bond donors (Lipinski definition) is 0. The summed E-state index contributed by atoms with van der Waals surface area (Å²) in [5, 5.41) is 9.14. The summed E-state index contributed by atoms with van der Waals surface area (Å²) in [7, 11) is 4.34. The van der Waals surface area contributed by atoms with Crippen molar-refractivity contribution in [3.8, 4) is 34.4 Å². The van der Waals surface area contributed by atoms with Gasteiger partial charge in [-0.05, 0) is 73.5 Å². The summed E-state index contributed by atoms with van der Waals surface area (Å²) in [6.07, 6.45) is 6.15. The molecule has 2 aromatic carbocycles. The molecule has 1 fully saturated rings. The number of nitrogens with zero attached hydrogens (tertiary/aromatic N) is 6. The molecule has 0 unspecified atom stereocenters. The average molecular weight is 463 g/mol. The predicted molar refractivity (Wildman–Crippen MR) is 140 cm³/mol. The second-order valence-corrected chi connectivity index (χ2v) is 10.3. The maximum absolute atomic E-state index is 9.14. The molecule has 0 spiro atoms. The summed E-state index contributed by atoms with van der Waals surface area (Å²) < 4.78 is 4.52. The minimum atomic E-state index is 0.676. The van der Waals surface area contributed by atoms with Gasteiger partial charge in [0, 0.05) is 56.0 Å². The summed E-state index contributed by atoms with van der Waals surface area (Å²) in [6.45, 7) is 6.51. The van der Waals surface area contributed by atoms with Crippen LogP contribution in [0.1, 0.15) is 18.1 Å². The third-order valence-electron chi connectivity index (χ3n) is 7.51. The second kappa shape index (κ2) is 8.44. The zero-order valence-corrected chi connectivity index (χ0v) is 20.5. The molecule has 0 aliphatic carbocycles. The quantitative estimate of drug-likeness (QED) is 0.382. The summed E-state index contributed by atoms with van der Waals surface area (Å²) in [4.78, 5) is 9.58. The van der Waals surface area contributed by atoms with E-state index in [2.05, 4.69) is 82.7 Å². The van der Waals surface area contributed by atoms with Crippen LogP contribution in [0.25, 0.3) is 28.3 Å². The van der Waals surface area contributed by atoms with Crippen molar-refractivity contribution in [1.29, 1.82) is 5.26 Å². The maximum atomic E-state index is 9.14. The molecule has 6 nitrogen and oxygen atoms in total. The summed E-state index contributed by atoms with van der Waals surface area (Å²) >= 11 is 0. The van der Waals surface area contributed by atoms with Crippen molar-refractivity contribution in [2.24, 2.45) is 11.8 Å². The molecule has 2 aliphatic rings. The highest BCUT2D eigenvalue weighted by Crippen LogP contribution is 2.36. The Labute approximate surface area is 206 Å². The van der Waals surface area contributed by atoms with E-state index in [1.807, 2.05) is 30.5 Å². The number of hydrogen-bond acceptors (Lipinski definition) is 4. The Morgan fingerprint density at radius 1 is 1.06 bits per heavy atom. The number of fused-ring (bicyclic) bond motifs is 5. The van der Waals surface area contributed by atoms with Gasteiger partial charge in [0.15, 0.2) is 5.82 Å². The van der Waals surface area contributed by atoms with E-state index in [9.17, 15) is 0 Å². The molecule has 4 heterocycles. The van der Waals surface area contributed by atoms with Crippen molar-refractivity contribution in [1.82, 2.24) is 19.0 Å². The number of benzene rings is 2. The minimum absolute atomic E-state index is 0.676. The van der Waals surface area contributed by atoms with E-state index >= 15 is 0 Å². The van der Waals surface area contributed by atoms with Crippen LogP contribution < -0.4 is 4.90 Å². The van der Waals surface area contributed by atoms with Crippen molar-refractivity contribution < 1.29 is 0 Å². The Hall–Kier alpha value is -3.82. The second-order valence-electron chi connectivity index (χ2n) is 10.3. The van der Waals surface area contributed by atoms with Gasteiger partial charge < -0.3 is 14.4 Å². The van der Waals surface area contributed by atoms with Gasteiger partial charge in [0.05, 0.1) is 23.0 Å². The van der Waals surface area contributed by atoms with E-state index in [0.717, 1.165) is 48.8 Å². The van der Waals surface area contributed by atoms with Crippen LogP contribution in [-0.2, 0) is 6.54 Å².